The van der Waals surface area contributed by atoms with E-state index in [9.17, 15) is 8.78 Å². The van der Waals surface area contributed by atoms with Crippen LogP contribution in [0.2, 0.25) is 0 Å². The van der Waals surface area contributed by atoms with Crippen molar-refractivity contribution < 1.29 is 13.2 Å². The lowest BCUT2D eigenvalue weighted by atomic mass is 10.2. The number of hydrogen-bond donors (Lipinski definition) is 0. The lowest BCUT2D eigenvalue weighted by Crippen LogP contribution is -1.85. The Morgan fingerprint density at radius 1 is 1.06 bits per heavy atom. The molecule has 0 radical (unpaired) electrons. The molecule has 90 valence electrons. The molecule has 0 saturated carbocycles. The van der Waals surface area contributed by atoms with Crippen LogP contribution in [-0.2, 0) is 0 Å². The average Bonchev–Trinajstić information content (AvgIpc) is 2.71. The van der Waals surface area contributed by atoms with Crippen molar-refractivity contribution in [3.8, 4) is 11.5 Å². The molecule has 0 aliphatic rings. The summed E-state index contributed by atoms with van der Waals surface area (Å²) in [7, 11) is 0. The average molecular weight is 245 g/mol. The quantitative estimate of drug-likeness (QED) is 0.645. The number of oxazole rings is 1. The molecule has 3 aromatic rings. The van der Waals surface area contributed by atoms with Crippen LogP contribution in [0.25, 0.3) is 22.6 Å². The number of fused-ring (bicyclic) bond motifs is 1. The number of benzene rings is 2. The van der Waals surface area contributed by atoms with Gasteiger partial charge in [0.25, 0.3) is 0 Å². The van der Waals surface area contributed by atoms with E-state index in [4.69, 9.17) is 4.42 Å². The van der Waals surface area contributed by atoms with E-state index < -0.39 is 11.6 Å². The summed E-state index contributed by atoms with van der Waals surface area (Å²) in [4.78, 5) is 4.21. The molecule has 0 aliphatic carbocycles. The predicted octanol–water partition coefficient (Wildman–Crippen LogP) is 4.08. The van der Waals surface area contributed by atoms with Gasteiger partial charge in [0.2, 0.25) is 5.89 Å². The van der Waals surface area contributed by atoms with Gasteiger partial charge in [-0.1, -0.05) is 6.07 Å². The van der Waals surface area contributed by atoms with Crippen molar-refractivity contribution in [1.29, 1.82) is 0 Å². The van der Waals surface area contributed by atoms with Crippen molar-refractivity contribution >= 4 is 11.1 Å². The molecule has 0 unspecified atom stereocenters. The zero-order chi connectivity index (χ0) is 12.7. The van der Waals surface area contributed by atoms with Crippen LogP contribution in [0.3, 0.4) is 0 Å². The van der Waals surface area contributed by atoms with Gasteiger partial charge >= 0.3 is 0 Å². The van der Waals surface area contributed by atoms with Crippen molar-refractivity contribution in [2.45, 2.75) is 6.92 Å². The highest BCUT2D eigenvalue weighted by molar-refractivity contribution is 5.76. The monoisotopic (exact) mass is 245 g/mol. The maximum atomic E-state index is 13.6. The van der Waals surface area contributed by atoms with Crippen LogP contribution in [0.4, 0.5) is 8.78 Å². The van der Waals surface area contributed by atoms with E-state index in [0.717, 1.165) is 11.6 Å². The Morgan fingerprint density at radius 2 is 1.89 bits per heavy atom. The van der Waals surface area contributed by atoms with Crippen molar-refractivity contribution in [3.05, 3.63) is 53.6 Å². The van der Waals surface area contributed by atoms with Gasteiger partial charge in [-0.25, -0.2) is 13.8 Å². The van der Waals surface area contributed by atoms with E-state index in [1.807, 2.05) is 19.1 Å². The first-order valence-corrected chi connectivity index (χ1v) is 5.46. The van der Waals surface area contributed by atoms with Crippen LogP contribution in [-0.4, -0.2) is 4.98 Å². The summed E-state index contributed by atoms with van der Waals surface area (Å²) >= 11 is 0. The summed E-state index contributed by atoms with van der Waals surface area (Å²) in [5.41, 5.74) is 2.44. The summed E-state index contributed by atoms with van der Waals surface area (Å²) < 4.78 is 31.9. The summed E-state index contributed by atoms with van der Waals surface area (Å²) in [6, 6.07) is 8.83. The molecule has 0 aliphatic heterocycles. The molecule has 18 heavy (non-hydrogen) atoms. The highest BCUT2D eigenvalue weighted by Gasteiger charge is 2.13. The number of halogens is 2. The lowest BCUT2D eigenvalue weighted by molar-refractivity contribution is 0.572. The van der Waals surface area contributed by atoms with Crippen molar-refractivity contribution in [2.24, 2.45) is 0 Å². The number of hydrogen-bond acceptors (Lipinski definition) is 2. The summed E-state index contributed by atoms with van der Waals surface area (Å²) in [6.07, 6.45) is 0. The van der Waals surface area contributed by atoms with E-state index in [1.165, 1.54) is 12.1 Å². The van der Waals surface area contributed by atoms with Gasteiger partial charge in [-0.05, 0) is 36.8 Å². The number of aromatic nitrogens is 1. The highest BCUT2D eigenvalue weighted by atomic mass is 19.1. The second-order valence-corrected chi connectivity index (χ2v) is 4.11. The third kappa shape index (κ3) is 1.76. The summed E-state index contributed by atoms with van der Waals surface area (Å²) in [5, 5.41) is 0. The minimum absolute atomic E-state index is 0.158. The molecule has 0 saturated heterocycles. The molecular weight excluding hydrogens is 236 g/mol. The van der Waals surface area contributed by atoms with Crippen LogP contribution in [0, 0.1) is 18.6 Å². The molecule has 4 heteroatoms. The van der Waals surface area contributed by atoms with Crippen LogP contribution in [0.1, 0.15) is 5.56 Å². The Morgan fingerprint density at radius 3 is 2.67 bits per heavy atom. The molecule has 2 nitrogen and oxygen atoms in total. The third-order valence-electron chi connectivity index (χ3n) is 2.70. The maximum absolute atomic E-state index is 13.6. The van der Waals surface area contributed by atoms with Gasteiger partial charge in [-0.15, -0.1) is 0 Å². The topological polar surface area (TPSA) is 26.0 Å². The predicted molar refractivity (Wildman–Crippen MR) is 64.1 cm³/mol. The first-order chi connectivity index (χ1) is 8.63. The van der Waals surface area contributed by atoms with Gasteiger partial charge < -0.3 is 4.42 Å². The summed E-state index contributed by atoms with van der Waals surface area (Å²) in [6.45, 7) is 1.94. The van der Waals surface area contributed by atoms with E-state index in [-0.39, 0.29) is 11.5 Å². The molecule has 3 rings (SSSR count). The second kappa shape index (κ2) is 3.91. The first-order valence-electron chi connectivity index (χ1n) is 5.46. The van der Waals surface area contributed by atoms with Gasteiger partial charge in [0.15, 0.2) is 5.58 Å². The molecule has 0 atom stereocenters. The zero-order valence-electron chi connectivity index (χ0n) is 9.58. The Balaban J connectivity index is 2.19. The number of aryl methyl sites for hydroxylation is 1. The Labute approximate surface area is 102 Å². The van der Waals surface area contributed by atoms with E-state index in [1.54, 1.807) is 6.07 Å². The smallest absolute Gasteiger partial charge is 0.230 e. The van der Waals surface area contributed by atoms with Gasteiger partial charge in [0.1, 0.15) is 17.2 Å². The van der Waals surface area contributed by atoms with Gasteiger partial charge in [-0.3, -0.25) is 0 Å². The van der Waals surface area contributed by atoms with E-state index in [0.29, 0.717) is 11.1 Å². The van der Waals surface area contributed by atoms with Crippen LogP contribution < -0.4 is 0 Å². The third-order valence-corrected chi connectivity index (χ3v) is 2.70. The van der Waals surface area contributed by atoms with Crippen LogP contribution in [0.5, 0.6) is 0 Å². The Bertz CT molecular complexity index is 734. The number of nitrogens with zero attached hydrogens (tertiary/aromatic N) is 1. The fraction of sp³-hybridized carbons (Fsp3) is 0.0714. The molecule has 0 amide bonds. The second-order valence-electron chi connectivity index (χ2n) is 4.11. The van der Waals surface area contributed by atoms with Crippen LogP contribution >= 0.6 is 0 Å². The first kappa shape index (κ1) is 10.9. The largest absolute Gasteiger partial charge is 0.436 e. The standard InChI is InChI=1S/C14H9F2NO/c1-8-2-5-13-12(6-8)17-14(18-13)10-4-3-9(15)7-11(10)16/h2-7H,1H3. The molecule has 1 aromatic heterocycles. The number of rotatable bonds is 1. The molecule has 2 aromatic carbocycles. The molecule has 0 fully saturated rings. The summed E-state index contributed by atoms with van der Waals surface area (Å²) in [5.74, 6) is -1.14. The van der Waals surface area contributed by atoms with Crippen molar-refractivity contribution in [3.63, 3.8) is 0 Å². The van der Waals surface area contributed by atoms with Gasteiger partial charge in [0, 0.05) is 6.07 Å². The zero-order valence-corrected chi connectivity index (χ0v) is 9.58. The maximum Gasteiger partial charge on any atom is 0.230 e. The van der Waals surface area contributed by atoms with Crippen molar-refractivity contribution in [2.75, 3.05) is 0 Å². The molecular formula is C14H9F2NO. The Kier molecular flexibility index (Phi) is 2.37. The minimum Gasteiger partial charge on any atom is -0.436 e. The minimum atomic E-state index is -0.682. The fourth-order valence-corrected chi connectivity index (χ4v) is 1.82. The van der Waals surface area contributed by atoms with Gasteiger partial charge in [-0.2, -0.15) is 0 Å². The molecule has 1 heterocycles. The SMILES string of the molecule is Cc1ccc2oc(-c3ccc(F)cc3F)nc2c1. The lowest BCUT2D eigenvalue weighted by Gasteiger charge is -1.97. The Hall–Kier alpha value is -2.23. The molecule has 0 N–H and O–H groups in total. The van der Waals surface area contributed by atoms with E-state index in [2.05, 4.69) is 4.98 Å². The fourth-order valence-electron chi connectivity index (χ4n) is 1.82. The van der Waals surface area contributed by atoms with Gasteiger partial charge in [0.05, 0.1) is 5.56 Å². The highest BCUT2D eigenvalue weighted by Crippen LogP contribution is 2.27. The van der Waals surface area contributed by atoms with Crippen LogP contribution in [0.15, 0.2) is 40.8 Å². The molecule has 0 spiro atoms. The van der Waals surface area contributed by atoms with E-state index >= 15 is 0 Å². The normalized spacial score (nSPS) is 11.1. The molecule has 0 bridgehead atoms. The van der Waals surface area contributed by atoms with Crippen molar-refractivity contribution in [1.82, 2.24) is 4.98 Å².